The van der Waals surface area contributed by atoms with Crippen molar-refractivity contribution in [3.05, 3.63) is 29.8 Å². The molecule has 0 aromatic heterocycles. The van der Waals surface area contributed by atoms with Gasteiger partial charge in [0.25, 0.3) is 0 Å². The van der Waals surface area contributed by atoms with Crippen molar-refractivity contribution < 1.29 is 17.7 Å². The van der Waals surface area contributed by atoms with E-state index in [4.69, 9.17) is 4.74 Å². The second-order valence-corrected chi connectivity index (χ2v) is 5.84. The van der Waals surface area contributed by atoms with Gasteiger partial charge in [0.05, 0.1) is 22.7 Å². The zero-order valence-electron chi connectivity index (χ0n) is 9.99. The molecule has 1 aromatic carbocycles. The summed E-state index contributed by atoms with van der Waals surface area (Å²) in [5.74, 6) is -1.90. The van der Waals surface area contributed by atoms with E-state index in [1.807, 2.05) is 0 Å². The lowest BCUT2D eigenvalue weighted by Gasteiger charge is -2.30. The Morgan fingerprint density at radius 2 is 2.17 bits per heavy atom. The Morgan fingerprint density at radius 3 is 2.83 bits per heavy atom. The number of halogens is 2. The van der Waals surface area contributed by atoms with Gasteiger partial charge in [0.1, 0.15) is 0 Å². The van der Waals surface area contributed by atoms with Gasteiger partial charge in [-0.3, -0.25) is 4.21 Å². The highest BCUT2D eigenvalue weighted by Crippen LogP contribution is 2.21. The fourth-order valence-corrected chi connectivity index (χ4v) is 3.59. The Balaban J connectivity index is 2.21. The van der Waals surface area contributed by atoms with Gasteiger partial charge in [0.15, 0.2) is 11.6 Å². The molecule has 1 aromatic rings. The van der Waals surface area contributed by atoms with Crippen LogP contribution in [-0.2, 0) is 15.5 Å². The first-order valence-electron chi connectivity index (χ1n) is 5.74. The topological polar surface area (TPSA) is 38.3 Å². The van der Waals surface area contributed by atoms with Crippen molar-refractivity contribution in [3.63, 3.8) is 0 Å². The van der Waals surface area contributed by atoms with Crippen LogP contribution in [0.25, 0.3) is 0 Å². The highest BCUT2D eigenvalue weighted by Gasteiger charge is 2.30. The predicted molar refractivity (Wildman–Crippen MR) is 64.8 cm³/mol. The van der Waals surface area contributed by atoms with Crippen molar-refractivity contribution >= 4 is 10.8 Å². The van der Waals surface area contributed by atoms with Gasteiger partial charge in [-0.15, -0.1) is 0 Å². The minimum atomic E-state index is -1.41. The van der Waals surface area contributed by atoms with Gasteiger partial charge in [0.2, 0.25) is 0 Å². The van der Waals surface area contributed by atoms with Gasteiger partial charge in [-0.2, -0.15) is 0 Å². The third kappa shape index (κ3) is 2.76. The van der Waals surface area contributed by atoms with E-state index in [2.05, 4.69) is 5.32 Å². The maximum absolute atomic E-state index is 13.1. The maximum Gasteiger partial charge on any atom is 0.160 e. The summed E-state index contributed by atoms with van der Waals surface area (Å²) in [5, 5.41) is 2.85. The lowest BCUT2D eigenvalue weighted by atomic mass is 10.1. The summed E-state index contributed by atoms with van der Waals surface area (Å²) in [6.07, 6.45) is 0.760. The van der Waals surface area contributed by atoms with Crippen molar-refractivity contribution in [2.75, 3.05) is 20.3 Å². The molecule has 1 aliphatic heterocycles. The lowest BCUT2D eigenvalue weighted by molar-refractivity contribution is 0.0838. The van der Waals surface area contributed by atoms with Crippen LogP contribution in [0.5, 0.6) is 0 Å². The summed E-state index contributed by atoms with van der Waals surface area (Å²) in [6.45, 7) is 0.980. The molecule has 0 radical (unpaired) electrons. The molecule has 1 heterocycles. The van der Waals surface area contributed by atoms with Crippen molar-refractivity contribution in [1.29, 1.82) is 0 Å². The van der Waals surface area contributed by atoms with Gasteiger partial charge in [-0.25, -0.2) is 8.78 Å². The molecule has 3 unspecified atom stereocenters. The van der Waals surface area contributed by atoms with Gasteiger partial charge in [0, 0.05) is 17.5 Å². The third-order valence-electron chi connectivity index (χ3n) is 3.07. The molecule has 100 valence electrons. The molecule has 0 amide bonds. The van der Waals surface area contributed by atoms with Crippen LogP contribution in [0.2, 0.25) is 0 Å². The summed E-state index contributed by atoms with van der Waals surface area (Å²) in [6, 6.07) is 3.41. The van der Waals surface area contributed by atoms with E-state index in [0.29, 0.717) is 18.1 Å². The van der Waals surface area contributed by atoms with Gasteiger partial charge in [-0.05, 0) is 31.7 Å². The average molecular weight is 275 g/mol. The van der Waals surface area contributed by atoms with Gasteiger partial charge in [-0.1, -0.05) is 0 Å². The van der Waals surface area contributed by atoms with Crippen LogP contribution >= 0.6 is 0 Å². The number of ether oxygens (including phenoxy) is 1. The van der Waals surface area contributed by atoms with E-state index in [1.54, 1.807) is 7.05 Å². The summed E-state index contributed by atoms with van der Waals surface area (Å²) in [5.41, 5.74) is 0. The van der Waals surface area contributed by atoms with E-state index < -0.39 is 22.4 Å². The molecular weight excluding hydrogens is 260 g/mol. The maximum atomic E-state index is 13.1. The fraction of sp³-hybridized carbons (Fsp3) is 0.500. The van der Waals surface area contributed by atoms with Crippen LogP contribution in [-0.4, -0.2) is 35.8 Å². The SMILES string of the molecule is CNC1CCOCC1S(=O)c1ccc(F)c(F)c1. The van der Waals surface area contributed by atoms with Crippen LogP contribution < -0.4 is 5.32 Å². The Hall–Kier alpha value is -0.850. The monoisotopic (exact) mass is 275 g/mol. The first kappa shape index (κ1) is 13.6. The largest absolute Gasteiger partial charge is 0.380 e. The summed E-state index contributed by atoms with van der Waals surface area (Å²) >= 11 is 0. The smallest absolute Gasteiger partial charge is 0.160 e. The van der Waals surface area contributed by atoms with Crippen molar-refractivity contribution in [1.82, 2.24) is 5.32 Å². The zero-order chi connectivity index (χ0) is 13.1. The van der Waals surface area contributed by atoms with Gasteiger partial charge < -0.3 is 10.1 Å². The molecule has 0 saturated carbocycles. The molecule has 0 aliphatic carbocycles. The molecule has 1 N–H and O–H groups in total. The number of benzene rings is 1. The Bertz CT molecular complexity index is 456. The molecule has 1 aliphatic rings. The number of hydrogen-bond donors (Lipinski definition) is 1. The Morgan fingerprint density at radius 1 is 1.39 bits per heavy atom. The van der Waals surface area contributed by atoms with E-state index in [0.717, 1.165) is 18.6 Å². The molecule has 1 fully saturated rings. The van der Waals surface area contributed by atoms with E-state index in [-0.39, 0.29) is 11.3 Å². The molecule has 0 spiro atoms. The normalized spacial score (nSPS) is 25.9. The number of nitrogens with one attached hydrogen (secondary N) is 1. The minimum absolute atomic E-state index is 0.0627. The summed E-state index contributed by atoms with van der Waals surface area (Å²) < 4.78 is 43.6. The Labute approximate surface area is 107 Å². The second kappa shape index (κ2) is 5.86. The highest BCUT2D eigenvalue weighted by molar-refractivity contribution is 7.85. The molecule has 2 rings (SSSR count). The van der Waals surface area contributed by atoms with Crippen molar-refractivity contribution in [2.45, 2.75) is 22.6 Å². The second-order valence-electron chi connectivity index (χ2n) is 4.17. The van der Waals surface area contributed by atoms with Crippen LogP contribution in [0, 0.1) is 11.6 Å². The van der Waals surface area contributed by atoms with Crippen molar-refractivity contribution in [2.24, 2.45) is 0 Å². The highest BCUT2D eigenvalue weighted by atomic mass is 32.2. The molecule has 18 heavy (non-hydrogen) atoms. The molecular formula is C12H15F2NO2S. The number of hydrogen-bond acceptors (Lipinski definition) is 3. The van der Waals surface area contributed by atoms with Crippen LogP contribution in [0.15, 0.2) is 23.1 Å². The van der Waals surface area contributed by atoms with Crippen LogP contribution in [0.3, 0.4) is 0 Å². The molecule has 3 nitrogen and oxygen atoms in total. The molecule has 1 saturated heterocycles. The zero-order valence-corrected chi connectivity index (χ0v) is 10.8. The van der Waals surface area contributed by atoms with E-state index in [1.165, 1.54) is 6.07 Å². The fourth-order valence-electron chi connectivity index (χ4n) is 2.03. The third-order valence-corrected chi connectivity index (χ3v) is 4.81. The van der Waals surface area contributed by atoms with Crippen molar-refractivity contribution in [3.8, 4) is 0 Å². The Kier molecular flexibility index (Phi) is 4.42. The standard InChI is InChI=1S/C12H15F2NO2S/c1-15-11-4-5-17-7-12(11)18(16)8-2-3-9(13)10(14)6-8/h2-3,6,11-12,15H,4-5,7H2,1H3. The molecule has 6 heteroatoms. The lowest BCUT2D eigenvalue weighted by Crippen LogP contribution is -2.47. The van der Waals surface area contributed by atoms with Gasteiger partial charge >= 0.3 is 0 Å². The average Bonchev–Trinajstić information content (AvgIpc) is 2.41. The quantitative estimate of drug-likeness (QED) is 0.907. The van der Waals surface area contributed by atoms with E-state index in [9.17, 15) is 13.0 Å². The van der Waals surface area contributed by atoms with Crippen LogP contribution in [0.1, 0.15) is 6.42 Å². The minimum Gasteiger partial charge on any atom is -0.380 e. The molecule has 3 atom stereocenters. The van der Waals surface area contributed by atoms with E-state index >= 15 is 0 Å². The predicted octanol–water partition coefficient (Wildman–Crippen LogP) is 1.45. The first-order valence-corrected chi connectivity index (χ1v) is 6.95. The van der Waals surface area contributed by atoms with Crippen LogP contribution in [0.4, 0.5) is 8.78 Å². The first-order chi connectivity index (χ1) is 8.63. The molecule has 0 bridgehead atoms. The number of rotatable bonds is 3. The summed E-state index contributed by atoms with van der Waals surface area (Å²) in [4.78, 5) is 0.296. The summed E-state index contributed by atoms with van der Waals surface area (Å²) in [7, 11) is 0.385.